The Labute approximate surface area is 128 Å². The zero-order chi connectivity index (χ0) is 14.8. The molecule has 0 saturated carbocycles. The number of hydrogen-bond donors (Lipinski definition) is 1. The fraction of sp³-hybridized carbons (Fsp3) is 0.643. The highest BCUT2D eigenvalue weighted by Gasteiger charge is 2.26. The van der Waals surface area contributed by atoms with E-state index in [9.17, 15) is 9.59 Å². The van der Waals surface area contributed by atoms with E-state index >= 15 is 0 Å². The van der Waals surface area contributed by atoms with Crippen molar-refractivity contribution in [2.75, 3.05) is 31.1 Å². The molecular weight excluding hydrogens is 288 g/mol. The van der Waals surface area contributed by atoms with Crippen LogP contribution in [0.15, 0.2) is 5.38 Å². The molecule has 1 aromatic heterocycles. The van der Waals surface area contributed by atoms with Crippen LogP contribution < -0.4 is 10.2 Å². The van der Waals surface area contributed by atoms with Crippen LogP contribution in [0.1, 0.15) is 25.5 Å². The Morgan fingerprint density at radius 1 is 1.52 bits per heavy atom. The minimum atomic E-state index is 0.119. The van der Waals surface area contributed by atoms with E-state index in [-0.39, 0.29) is 17.9 Å². The molecule has 0 aliphatic carbocycles. The molecule has 1 atom stereocenters. The van der Waals surface area contributed by atoms with Crippen LogP contribution in [0.25, 0.3) is 0 Å². The average Bonchev–Trinajstić information content (AvgIpc) is 3.08. The zero-order valence-electron chi connectivity index (χ0n) is 12.2. The first-order valence-electron chi connectivity index (χ1n) is 7.40. The Hall–Kier alpha value is -1.47. The van der Waals surface area contributed by atoms with Gasteiger partial charge in [0.25, 0.3) is 0 Å². The van der Waals surface area contributed by atoms with E-state index in [1.807, 2.05) is 10.3 Å². The van der Waals surface area contributed by atoms with Crippen LogP contribution >= 0.6 is 11.3 Å². The van der Waals surface area contributed by atoms with Crippen molar-refractivity contribution in [3.63, 3.8) is 0 Å². The maximum absolute atomic E-state index is 12.4. The van der Waals surface area contributed by atoms with E-state index in [4.69, 9.17) is 0 Å². The van der Waals surface area contributed by atoms with Crippen LogP contribution in [0.3, 0.4) is 0 Å². The van der Waals surface area contributed by atoms with Crippen LogP contribution in [0, 0.1) is 0 Å². The molecule has 0 spiro atoms. The summed E-state index contributed by atoms with van der Waals surface area (Å²) in [4.78, 5) is 32.2. The van der Waals surface area contributed by atoms with Gasteiger partial charge in [-0.2, -0.15) is 0 Å². The first kappa shape index (κ1) is 14.5. The molecule has 21 heavy (non-hydrogen) atoms. The summed E-state index contributed by atoms with van der Waals surface area (Å²) in [5.74, 6) is 0.256. The summed E-state index contributed by atoms with van der Waals surface area (Å²) in [5, 5.41) is 5.90. The quantitative estimate of drug-likeness (QED) is 0.889. The Balaban J connectivity index is 1.64. The molecule has 2 amide bonds. The second-order valence-electron chi connectivity index (χ2n) is 5.59. The van der Waals surface area contributed by atoms with Gasteiger partial charge in [-0.25, -0.2) is 4.98 Å². The van der Waals surface area contributed by atoms with Crippen molar-refractivity contribution in [3.8, 4) is 0 Å². The topological polar surface area (TPSA) is 65.5 Å². The maximum atomic E-state index is 12.4. The molecule has 2 aliphatic heterocycles. The number of aromatic nitrogens is 1. The number of rotatable bonds is 3. The minimum Gasteiger partial charge on any atom is -0.337 e. The normalized spacial score (nSPS) is 22.9. The van der Waals surface area contributed by atoms with Crippen molar-refractivity contribution in [2.45, 2.75) is 32.2 Å². The van der Waals surface area contributed by atoms with Gasteiger partial charge in [0.1, 0.15) is 0 Å². The fourth-order valence-electron chi connectivity index (χ4n) is 2.82. The summed E-state index contributed by atoms with van der Waals surface area (Å²) in [5.41, 5.74) is 0.769. The molecule has 1 aromatic rings. The molecule has 2 saturated heterocycles. The number of carbonyl (C=O) groups is 2. The third kappa shape index (κ3) is 3.08. The lowest BCUT2D eigenvalue weighted by molar-refractivity contribution is -0.133. The van der Waals surface area contributed by atoms with Crippen molar-refractivity contribution in [1.29, 1.82) is 0 Å². The van der Waals surface area contributed by atoms with Gasteiger partial charge in [-0.05, 0) is 13.3 Å². The lowest BCUT2D eigenvalue weighted by Crippen LogP contribution is -2.52. The van der Waals surface area contributed by atoms with Gasteiger partial charge in [0.15, 0.2) is 5.13 Å². The summed E-state index contributed by atoms with van der Waals surface area (Å²) in [7, 11) is 0. The second kappa shape index (κ2) is 6.11. The second-order valence-corrected chi connectivity index (χ2v) is 6.42. The van der Waals surface area contributed by atoms with Crippen molar-refractivity contribution in [1.82, 2.24) is 15.2 Å². The van der Waals surface area contributed by atoms with Gasteiger partial charge in [-0.15, -0.1) is 11.3 Å². The lowest BCUT2D eigenvalue weighted by Gasteiger charge is -2.33. The van der Waals surface area contributed by atoms with E-state index in [0.717, 1.165) is 43.4 Å². The van der Waals surface area contributed by atoms with Crippen LogP contribution in [-0.4, -0.2) is 53.9 Å². The van der Waals surface area contributed by atoms with Crippen molar-refractivity contribution < 1.29 is 9.59 Å². The number of nitrogens with zero attached hydrogens (tertiary/aromatic N) is 3. The predicted octanol–water partition coefficient (Wildman–Crippen LogP) is 0.633. The number of anilines is 1. The van der Waals surface area contributed by atoms with Crippen LogP contribution in [0.2, 0.25) is 0 Å². The molecule has 3 heterocycles. The highest BCUT2D eigenvalue weighted by molar-refractivity contribution is 7.14. The molecule has 6 nitrogen and oxygen atoms in total. The van der Waals surface area contributed by atoms with E-state index in [0.29, 0.717) is 12.8 Å². The Morgan fingerprint density at radius 2 is 2.38 bits per heavy atom. The molecule has 0 radical (unpaired) electrons. The van der Waals surface area contributed by atoms with E-state index in [1.54, 1.807) is 4.90 Å². The fourth-order valence-corrected chi connectivity index (χ4v) is 3.69. The van der Waals surface area contributed by atoms with Crippen LogP contribution in [-0.2, 0) is 16.0 Å². The summed E-state index contributed by atoms with van der Waals surface area (Å²) in [6.07, 6.45) is 1.82. The average molecular weight is 308 g/mol. The third-order valence-corrected chi connectivity index (χ3v) is 4.91. The highest BCUT2D eigenvalue weighted by atomic mass is 32.1. The Kier molecular flexibility index (Phi) is 4.21. The molecular formula is C14H20N4O2S. The van der Waals surface area contributed by atoms with Gasteiger partial charge in [-0.1, -0.05) is 0 Å². The predicted molar refractivity (Wildman–Crippen MR) is 81.4 cm³/mol. The molecule has 7 heteroatoms. The van der Waals surface area contributed by atoms with Gasteiger partial charge in [0.2, 0.25) is 11.8 Å². The van der Waals surface area contributed by atoms with Crippen molar-refractivity contribution in [2.24, 2.45) is 0 Å². The Bertz CT molecular complexity index is 545. The van der Waals surface area contributed by atoms with E-state index < -0.39 is 0 Å². The highest BCUT2D eigenvalue weighted by Crippen LogP contribution is 2.25. The number of nitrogens with one attached hydrogen (secondary N) is 1. The first-order chi connectivity index (χ1) is 10.1. The molecule has 1 N–H and O–H groups in total. The largest absolute Gasteiger partial charge is 0.337 e. The zero-order valence-corrected chi connectivity index (χ0v) is 13.0. The molecule has 2 aliphatic rings. The minimum absolute atomic E-state index is 0.119. The van der Waals surface area contributed by atoms with Gasteiger partial charge in [0, 0.05) is 44.0 Å². The lowest BCUT2D eigenvalue weighted by atomic mass is 10.2. The summed E-state index contributed by atoms with van der Waals surface area (Å²) >= 11 is 1.45. The molecule has 0 unspecified atom stereocenters. The summed E-state index contributed by atoms with van der Waals surface area (Å²) < 4.78 is 0. The SMILES string of the molecule is C[C@@H]1CNCCN1C(=O)Cc1csc(N2CCCC2=O)n1. The van der Waals surface area contributed by atoms with Crippen LogP contribution in [0.5, 0.6) is 0 Å². The number of piperazine rings is 1. The van der Waals surface area contributed by atoms with Crippen molar-refractivity contribution in [3.05, 3.63) is 11.1 Å². The molecule has 3 rings (SSSR count). The van der Waals surface area contributed by atoms with Gasteiger partial charge >= 0.3 is 0 Å². The van der Waals surface area contributed by atoms with Gasteiger partial charge in [0.05, 0.1) is 12.1 Å². The van der Waals surface area contributed by atoms with Gasteiger partial charge < -0.3 is 10.2 Å². The first-order valence-corrected chi connectivity index (χ1v) is 8.28. The molecule has 0 bridgehead atoms. The molecule has 0 aromatic carbocycles. The smallest absolute Gasteiger partial charge is 0.228 e. The maximum Gasteiger partial charge on any atom is 0.228 e. The molecule has 114 valence electrons. The monoisotopic (exact) mass is 308 g/mol. The van der Waals surface area contributed by atoms with E-state index in [2.05, 4.69) is 17.2 Å². The number of amides is 2. The van der Waals surface area contributed by atoms with Gasteiger partial charge in [-0.3, -0.25) is 14.5 Å². The van der Waals surface area contributed by atoms with Crippen LogP contribution in [0.4, 0.5) is 5.13 Å². The van der Waals surface area contributed by atoms with E-state index in [1.165, 1.54) is 11.3 Å². The third-order valence-electron chi connectivity index (χ3n) is 4.00. The standard InChI is InChI=1S/C14H20N4O2S/c1-10-8-15-4-6-17(10)13(20)7-11-9-21-14(16-11)18-5-2-3-12(18)19/h9-10,15H,2-8H2,1H3/t10-/m1/s1. The Morgan fingerprint density at radius 3 is 3.10 bits per heavy atom. The number of thiazole rings is 1. The molecule has 2 fully saturated rings. The number of carbonyl (C=O) groups excluding carboxylic acids is 2. The summed E-state index contributed by atoms with van der Waals surface area (Å²) in [6.45, 7) is 5.24. The summed E-state index contributed by atoms with van der Waals surface area (Å²) in [6, 6.07) is 0.226. The number of hydrogen-bond acceptors (Lipinski definition) is 5. The van der Waals surface area contributed by atoms with Crippen molar-refractivity contribution >= 4 is 28.3 Å².